The average Bonchev–Trinajstić information content (AvgIpc) is 2.98. The minimum Gasteiger partial charge on any atom is -0.457 e. The largest absolute Gasteiger partial charge is 0.457 e. The molecule has 0 fully saturated rings. The van der Waals surface area contributed by atoms with Gasteiger partial charge < -0.3 is 14.4 Å². The number of hydrogen-bond donors (Lipinski definition) is 0. The third-order valence-electron chi connectivity index (χ3n) is 4.17. The van der Waals surface area contributed by atoms with E-state index >= 15 is 0 Å². The van der Waals surface area contributed by atoms with Gasteiger partial charge in [0.2, 0.25) is 0 Å². The molecule has 0 aromatic heterocycles. The number of ether oxygens (including phenoxy) is 2. The zero-order chi connectivity index (χ0) is 16.4. The maximum Gasteiger partial charge on any atom is 0.253 e. The predicted octanol–water partition coefficient (Wildman–Crippen LogP) is 3.81. The van der Waals surface area contributed by atoms with Crippen molar-refractivity contribution in [2.75, 3.05) is 21.2 Å². The van der Waals surface area contributed by atoms with Crippen molar-refractivity contribution in [3.05, 3.63) is 59.2 Å². The number of carbonyl (C=O) groups excluding carboxylic acids is 1. The first-order valence-corrected chi connectivity index (χ1v) is 7.74. The molecule has 1 atom stereocenters. The second kappa shape index (κ2) is 6.42. The molecule has 4 heteroatoms. The van der Waals surface area contributed by atoms with Crippen molar-refractivity contribution < 1.29 is 14.3 Å². The van der Waals surface area contributed by atoms with Crippen molar-refractivity contribution in [2.24, 2.45) is 0 Å². The predicted molar refractivity (Wildman–Crippen MR) is 89.0 cm³/mol. The zero-order valence-corrected chi connectivity index (χ0v) is 13.7. The summed E-state index contributed by atoms with van der Waals surface area (Å²) in [6.45, 7) is 0. The first-order valence-electron chi connectivity index (χ1n) is 7.74. The zero-order valence-electron chi connectivity index (χ0n) is 13.7. The molecule has 0 aliphatic heterocycles. The molecule has 1 aliphatic rings. The van der Waals surface area contributed by atoms with Crippen molar-refractivity contribution in [3.63, 3.8) is 0 Å². The molecule has 2 aromatic rings. The van der Waals surface area contributed by atoms with E-state index in [1.54, 1.807) is 38.2 Å². The summed E-state index contributed by atoms with van der Waals surface area (Å²) >= 11 is 0. The number of benzene rings is 2. The maximum atomic E-state index is 12.1. The summed E-state index contributed by atoms with van der Waals surface area (Å²) in [5, 5.41) is 0. The monoisotopic (exact) mass is 311 g/mol. The van der Waals surface area contributed by atoms with E-state index in [2.05, 4.69) is 6.07 Å². The lowest BCUT2D eigenvalue weighted by atomic mass is 10.1. The first-order chi connectivity index (χ1) is 11.1. The highest BCUT2D eigenvalue weighted by Crippen LogP contribution is 2.40. The number of rotatable bonds is 4. The van der Waals surface area contributed by atoms with Gasteiger partial charge >= 0.3 is 0 Å². The van der Waals surface area contributed by atoms with E-state index in [1.165, 1.54) is 11.1 Å². The van der Waals surface area contributed by atoms with Gasteiger partial charge in [-0.05, 0) is 42.7 Å². The number of methoxy groups -OCH3 is 1. The van der Waals surface area contributed by atoms with Crippen LogP contribution >= 0.6 is 0 Å². The molecular formula is C19H21NO3. The van der Waals surface area contributed by atoms with Crippen LogP contribution in [0.3, 0.4) is 0 Å². The maximum absolute atomic E-state index is 12.1. The number of hydrogen-bond acceptors (Lipinski definition) is 3. The molecule has 23 heavy (non-hydrogen) atoms. The van der Waals surface area contributed by atoms with E-state index < -0.39 is 0 Å². The number of nitrogens with zero attached hydrogens (tertiary/aromatic N) is 1. The number of amides is 1. The Kier molecular flexibility index (Phi) is 4.35. The lowest BCUT2D eigenvalue weighted by Crippen LogP contribution is -2.21. The highest BCUT2D eigenvalue weighted by Gasteiger charge is 2.25. The van der Waals surface area contributed by atoms with Gasteiger partial charge in [0, 0.05) is 32.3 Å². The van der Waals surface area contributed by atoms with Gasteiger partial charge in [-0.3, -0.25) is 4.79 Å². The van der Waals surface area contributed by atoms with Gasteiger partial charge in [0.1, 0.15) is 11.5 Å². The van der Waals surface area contributed by atoms with Crippen LogP contribution in [0.15, 0.2) is 42.5 Å². The summed E-state index contributed by atoms with van der Waals surface area (Å²) in [5.41, 5.74) is 3.02. The standard InChI is InChI=1S/C19H21NO3/c1-20(2)19(21)13-6-4-7-14(12-13)23-18-9-5-8-15-16(18)10-11-17(15)22-3/h4-9,12,17H,10-11H2,1-3H3/t17-/m1/s1. The molecule has 0 radical (unpaired) electrons. The van der Waals surface area contributed by atoms with Gasteiger partial charge in [-0.1, -0.05) is 18.2 Å². The lowest BCUT2D eigenvalue weighted by Gasteiger charge is -2.14. The summed E-state index contributed by atoms with van der Waals surface area (Å²) in [6, 6.07) is 13.3. The molecule has 3 rings (SSSR count). The summed E-state index contributed by atoms with van der Waals surface area (Å²) in [6.07, 6.45) is 2.07. The average molecular weight is 311 g/mol. The molecule has 1 amide bonds. The van der Waals surface area contributed by atoms with Crippen molar-refractivity contribution in [3.8, 4) is 11.5 Å². The van der Waals surface area contributed by atoms with Crippen LogP contribution in [0.25, 0.3) is 0 Å². The Morgan fingerprint density at radius 1 is 1.17 bits per heavy atom. The quantitative estimate of drug-likeness (QED) is 0.862. The van der Waals surface area contributed by atoms with Crippen LogP contribution in [0.1, 0.15) is 34.0 Å². The normalized spacial score (nSPS) is 16.0. The topological polar surface area (TPSA) is 38.8 Å². The Labute approximate surface area is 136 Å². The first kappa shape index (κ1) is 15.6. The van der Waals surface area contributed by atoms with Gasteiger partial charge in [-0.2, -0.15) is 0 Å². The fourth-order valence-electron chi connectivity index (χ4n) is 3.00. The molecule has 0 unspecified atom stereocenters. The third kappa shape index (κ3) is 3.08. The van der Waals surface area contributed by atoms with E-state index in [0.29, 0.717) is 11.3 Å². The number of carbonyl (C=O) groups is 1. The molecule has 2 aromatic carbocycles. The minimum atomic E-state index is -0.0341. The Morgan fingerprint density at radius 3 is 2.70 bits per heavy atom. The molecular weight excluding hydrogens is 290 g/mol. The highest BCUT2D eigenvalue weighted by atomic mass is 16.5. The Hall–Kier alpha value is -2.33. The van der Waals surface area contributed by atoms with Crippen LogP contribution in [-0.2, 0) is 11.2 Å². The Morgan fingerprint density at radius 2 is 1.96 bits per heavy atom. The lowest BCUT2D eigenvalue weighted by molar-refractivity contribution is 0.0827. The van der Waals surface area contributed by atoms with E-state index in [-0.39, 0.29) is 12.0 Å². The molecule has 0 bridgehead atoms. The molecule has 120 valence electrons. The van der Waals surface area contributed by atoms with Crippen molar-refractivity contribution in [2.45, 2.75) is 18.9 Å². The van der Waals surface area contributed by atoms with Crippen LogP contribution in [0.4, 0.5) is 0 Å². The summed E-state index contributed by atoms with van der Waals surface area (Å²) in [4.78, 5) is 13.6. The second-order valence-electron chi connectivity index (χ2n) is 5.92. The fraction of sp³-hybridized carbons (Fsp3) is 0.316. The van der Waals surface area contributed by atoms with Crippen LogP contribution in [-0.4, -0.2) is 32.0 Å². The second-order valence-corrected chi connectivity index (χ2v) is 5.92. The van der Waals surface area contributed by atoms with E-state index in [0.717, 1.165) is 18.6 Å². The molecule has 0 N–H and O–H groups in total. The van der Waals surface area contributed by atoms with E-state index in [9.17, 15) is 4.79 Å². The molecule has 4 nitrogen and oxygen atoms in total. The van der Waals surface area contributed by atoms with Crippen LogP contribution in [0.2, 0.25) is 0 Å². The van der Waals surface area contributed by atoms with Gasteiger partial charge in [0.25, 0.3) is 5.91 Å². The number of fused-ring (bicyclic) bond motifs is 1. The minimum absolute atomic E-state index is 0.0341. The van der Waals surface area contributed by atoms with Crippen molar-refractivity contribution >= 4 is 5.91 Å². The summed E-state index contributed by atoms with van der Waals surface area (Å²) in [7, 11) is 5.22. The van der Waals surface area contributed by atoms with Crippen LogP contribution in [0.5, 0.6) is 11.5 Å². The Balaban J connectivity index is 1.88. The molecule has 0 heterocycles. The fourth-order valence-corrected chi connectivity index (χ4v) is 3.00. The SMILES string of the molecule is CO[C@@H]1CCc2c(Oc3cccc(C(=O)N(C)C)c3)cccc21. The third-order valence-corrected chi connectivity index (χ3v) is 4.17. The van der Waals surface area contributed by atoms with E-state index in [4.69, 9.17) is 9.47 Å². The summed E-state index contributed by atoms with van der Waals surface area (Å²) < 4.78 is 11.6. The molecule has 0 saturated carbocycles. The van der Waals surface area contributed by atoms with E-state index in [1.807, 2.05) is 24.3 Å². The van der Waals surface area contributed by atoms with Crippen molar-refractivity contribution in [1.82, 2.24) is 4.90 Å². The van der Waals surface area contributed by atoms with Gasteiger partial charge in [0.05, 0.1) is 6.10 Å². The van der Waals surface area contributed by atoms with Crippen LogP contribution in [0, 0.1) is 0 Å². The molecule has 0 spiro atoms. The smallest absolute Gasteiger partial charge is 0.253 e. The van der Waals surface area contributed by atoms with Crippen molar-refractivity contribution in [1.29, 1.82) is 0 Å². The van der Waals surface area contributed by atoms with Crippen LogP contribution < -0.4 is 4.74 Å². The molecule has 1 aliphatic carbocycles. The Bertz CT molecular complexity index is 724. The van der Waals surface area contributed by atoms with Gasteiger partial charge in [-0.25, -0.2) is 0 Å². The molecule has 0 saturated heterocycles. The highest BCUT2D eigenvalue weighted by molar-refractivity contribution is 5.94. The van der Waals surface area contributed by atoms with Gasteiger partial charge in [0.15, 0.2) is 0 Å². The van der Waals surface area contributed by atoms with Gasteiger partial charge in [-0.15, -0.1) is 0 Å². The summed E-state index contributed by atoms with van der Waals surface area (Å²) in [5.74, 6) is 1.48.